The molecule has 0 aromatic carbocycles. The number of hydrogen-bond acceptors (Lipinski definition) is 3. The standard InChI is InChI=1S/C10H11N3O/c1-2-6-13-9(5-1)11-12-10(13)8-4-3-7-14-8/h1-2,5-6,8H,3-4,7H2. The molecule has 2 aromatic rings. The number of ether oxygens (including phenoxy) is 1. The van der Waals surface area contributed by atoms with Crippen LogP contribution in [0.2, 0.25) is 0 Å². The highest BCUT2D eigenvalue weighted by atomic mass is 16.5. The monoisotopic (exact) mass is 189 g/mol. The first-order valence-corrected chi connectivity index (χ1v) is 4.86. The van der Waals surface area contributed by atoms with Crippen LogP contribution in [-0.2, 0) is 4.74 Å². The van der Waals surface area contributed by atoms with Crippen molar-refractivity contribution in [1.82, 2.24) is 14.6 Å². The van der Waals surface area contributed by atoms with Crippen LogP contribution in [0.4, 0.5) is 0 Å². The Bertz CT molecular complexity index is 445. The second kappa shape index (κ2) is 3.06. The molecule has 4 heteroatoms. The molecule has 0 N–H and O–H groups in total. The molecule has 1 aliphatic heterocycles. The Kier molecular flexibility index (Phi) is 1.73. The van der Waals surface area contributed by atoms with Crippen molar-refractivity contribution in [3.8, 4) is 0 Å². The summed E-state index contributed by atoms with van der Waals surface area (Å²) in [7, 11) is 0. The molecular weight excluding hydrogens is 178 g/mol. The SMILES string of the molecule is c1ccn2c(C3CCCO3)nnc2c1. The van der Waals surface area contributed by atoms with Crippen LogP contribution in [0, 0.1) is 0 Å². The molecule has 4 nitrogen and oxygen atoms in total. The van der Waals surface area contributed by atoms with Gasteiger partial charge in [-0.15, -0.1) is 10.2 Å². The van der Waals surface area contributed by atoms with Crippen molar-refractivity contribution in [3.63, 3.8) is 0 Å². The van der Waals surface area contributed by atoms with Crippen molar-refractivity contribution in [3.05, 3.63) is 30.2 Å². The fourth-order valence-electron chi connectivity index (χ4n) is 1.86. The van der Waals surface area contributed by atoms with Crippen molar-refractivity contribution in [2.75, 3.05) is 6.61 Å². The van der Waals surface area contributed by atoms with Crippen molar-refractivity contribution in [2.45, 2.75) is 18.9 Å². The largest absolute Gasteiger partial charge is 0.370 e. The summed E-state index contributed by atoms with van der Waals surface area (Å²) < 4.78 is 7.58. The Morgan fingerprint density at radius 1 is 1.36 bits per heavy atom. The Balaban J connectivity index is 2.11. The third-order valence-corrected chi connectivity index (χ3v) is 2.56. The number of aromatic nitrogens is 3. The van der Waals surface area contributed by atoms with E-state index in [-0.39, 0.29) is 6.10 Å². The number of fused-ring (bicyclic) bond motifs is 1. The summed E-state index contributed by atoms with van der Waals surface area (Å²) in [5, 5.41) is 8.26. The molecule has 1 fully saturated rings. The fourth-order valence-corrected chi connectivity index (χ4v) is 1.86. The molecular formula is C10H11N3O. The van der Waals surface area contributed by atoms with Crippen LogP contribution in [0.3, 0.4) is 0 Å². The minimum atomic E-state index is 0.132. The van der Waals surface area contributed by atoms with Gasteiger partial charge < -0.3 is 4.74 Å². The molecule has 3 rings (SSSR count). The van der Waals surface area contributed by atoms with Gasteiger partial charge in [-0.05, 0) is 25.0 Å². The highest BCUT2D eigenvalue weighted by Gasteiger charge is 2.22. The molecule has 1 unspecified atom stereocenters. The van der Waals surface area contributed by atoms with Gasteiger partial charge in [0.25, 0.3) is 0 Å². The highest BCUT2D eigenvalue weighted by molar-refractivity contribution is 5.37. The van der Waals surface area contributed by atoms with Gasteiger partial charge in [0, 0.05) is 12.8 Å². The normalized spacial score (nSPS) is 21.9. The molecule has 3 heterocycles. The molecule has 72 valence electrons. The molecule has 14 heavy (non-hydrogen) atoms. The Morgan fingerprint density at radius 3 is 3.21 bits per heavy atom. The van der Waals surface area contributed by atoms with E-state index in [9.17, 15) is 0 Å². The second-order valence-corrected chi connectivity index (χ2v) is 3.49. The van der Waals surface area contributed by atoms with E-state index in [0.717, 1.165) is 30.9 Å². The lowest BCUT2D eigenvalue weighted by Crippen LogP contribution is -2.01. The van der Waals surface area contributed by atoms with E-state index in [1.807, 2.05) is 28.8 Å². The number of hydrogen-bond donors (Lipinski definition) is 0. The van der Waals surface area contributed by atoms with Gasteiger partial charge in [0.05, 0.1) is 0 Å². The minimum Gasteiger partial charge on any atom is -0.370 e. The molecule has 0 bridgehead atoms. The average molecular weight is 189 g/mol. The van der Waals surface area contributed by atoms with Crippen LogP contribution in [0.5, 0.6) is 0 Å². The van der Waals surface area contributed by atoms with Gasteiger partial charge in [-0.25, -0.2) is 0 Å². The van der Waals surface area contributed by atoms with Crippen LogP contribution in [-0.4, -0.2) is 21.2 Å². The summed E-state index contributed by atoms with van der Waals surface area (Å²) in [4.78, 5) is 0. The zero-order valence-electron chi connectivity index (χ0n) is 7.76. The molecule has 2 aromatic heterocycles. The van der Waals surface area contributed by atoms with E-state index in [1.54, 1.807) is 0 Å². The van der Waals surface area contributed by atoms with Gasteiger partial charge in [0.1, 0.15) is 6.10 Å². The summed E-state index contributed by atoms with van der Waals surface area (Å²) in [5.41, 5.74) is 0.887. The van der Waals surface area contributed by atoms with E-state index in [2.05, 4.69) is 10.2 Å². The molecule has 1 atom stereocenters. The first kappa shape index (κ1) is 7.94. The lowest BCUT2D eigenvalue weighted by Gasteiger charge is -2.05. The lowest BCUT2D eigenvalue weighted by molar-refractivity contribution is 0.104. The van der Waals surface area contributed by atoms with Crippen molar-refractivity contribution in [1.29, 1.82) is 0 Å². The predicted molar refractivity (Wildman–Crippen MR) is 50.9 cm³/mol. The molecule has 0 saturated carbocycles. The molecule has 0 radical (unpaired) electrons. The molecule has 1 saturated heterocycles. The Labute approximate surface area is 81.5 Å². The van der Waals surface area contributed by atoms with Crippen molar-refractivity contribution in [2.24, 2.45) is 0 Å². The Morgan fingerprint density at radius 2 is 2.36 bits per heavy atom. The first-order valence-electron chi connectivity index (χ1n) is 4.86. The molecule has 0 amide bonds. The highest BCUT2D eigenvalue weighted by Crippen LogP contribution is 2.26. The molecule has 0 aliphatic carbocycles. The maximum absolute atomic E-state index is 5.58. The van der Waals surface area contributed by atoms with Crippen molar-refractivity contribution < 1.29 is 4.74 Å². The van der Waals surface area contributed by atoms with Gasteiger partial charge in [0.2, 0.25) is 0 Å². The van der Waals surface area contributed by atoms with Gasteiger partial charge >= 0.3 is 0 Å². The average Bonchev–Trinajstić information content (AvgIpc) is 2.85. The molecule has 0 spiro atoms. The van der Waals surface area contributed by atoms with Crippen LogP contribution < -0.4 is 0 Å². The van der Waals surface area contributed by atoms with E-state index in [4.69, 9.17) is 4.74 Å². The summed E-state index contributed by atoms with van der Waals surface area (Å²) >= 11 is 0. The van der Waals surface area contributed by atoms with Gasteiger partial charge in [-0.2, -0.15) is 0 Å². The Hall–Kier alpha value is -1.42. The van der Waals surface area contributed by atoms with Crippen LogP contribution in [0.15, 0.2) is 24.4 Å². The van der Waals surface area contributed by atoms with E-state index in [1.165, 1.54) is 0 Å². The smallest absolute Gasteiger partial charge is 0.166 e. The summed E-state index contributed by atoms with van der Waals surface area (Å²) in [6.45, 7) is 0.840. The topological polar surface area (TPSA) is 39.4 Å². The number of nitrogens with zero attached hydrogens (tertiary/aromatic N) is 3. The minimum absolute atomic E-state index is 0.132. The predicted octanol–water partition coefficient (Wildman–Crippen LogP) is 1.58. The summed E-state index contributed by atoms with van der Waals surface area (Å²) in [6, 6.07) is 5.89. The van der Waals surface area contributed by atoms with Crippen LogP contribution in [0.25, 0.3) is 5.65 Å². The summed E-state index contributed by atoms with van der Waals surface area (Å²) in [6.07, 6.45) is 4.28. The van der Waals surface area contributed by atoms with E-state index < -0.39 is 0 Å². The quantitative estimate of drug-likeness (QED) is 0.683. The third-order valence-electron chi connectivity index (χ3n) is 2.56. The third kappa shape index (κ3) is 1.11. The van der Waals surface area contributed by atoms with Gasteiger partial charge in [0.15, 0.2) is 11.5 Å². The number of rotatable bonds is 1. The van der Waals surface area contributed by atoms with Gasteiger partial charge in [-0.3, -0.25) is 4.40 Å². The summed E-state index contributed by atoms with van der Waals surface area (Å²) in [5.74, 6) is 0.929. The van der Waals surface area contributed by atoms with E-state index >= 15 is 0 Å². The first-order chi connectivity index (χ1) is 6.95. The number of pyridine rings is 1. The molecule has 1 aliphatic rings. The van der Waals surface area contributed by atoms with Crippen LogP contribution in [0.1, 0.15) is 24.8 Å². The van der Waals surface area contributed by atoms with Crippen LogP contribution >= 0.6 is 0 Å². The van der Waals surface area contributed by atoms with Gasteiger partial charge in [-0.1, -0.05) is 6.07 Å². The maximum Gasteiger partial charge on any atom is 0.166 e. The fraction of sp³-hybridized carbons (Fsp3) is 0.400. The maximum atomic E-state index is 5.58. The second-order valence-electron chi connectivity index (χ2n) is 3.49. The lowest BCUT2D eigenvalue weighted by atomic mass is 10.2. The zero-order valence-corrected chi connectivity index (χ0v) is 7.76. The van der Waals surface area contributed by atoms with E-state index in [0.29, 0.717) is 0 Å². The zero-order chi connectivity index (χ0) is 9.38. The van der Waals surface area contributed by atoms with Crippen molar-refractivity contribution >= 4 is 5.65 Å².